The van der Waals surface area contributed by atoms with Gasteiger partial charge in [-0.25, -0.2) is 4.98 Å². The van der Waals surface area contributed by atoms with Crippen molar-refractivity contribution in [3.63, 3.8) is 0 Å². The van der Waals surface area contributed by atoms with E-state index in [1.807, 2.05) is 11.6 Å². The smallest absolute Gasteiger partial charge is 0.0965 e. The third-order valence-electron chi connectivity index (χ3n) is 3.05. The van der Waals surface area contributed by atoms with Crippen LogP contribution < -0.4 is 10.6 Å². The molecule has 0 bridgehead atoms. The lowest BCUT2D eigenvalue weighted by atomic mass is 10.0. The summed E-state index contributed by atoms with van der Waals surface area (Å²) in [5.41, 5.74) is 0.0720. The number of thiazole rings is 1. The van der Waals surface area contributed by atoms with E-state index in [0.717, 1.165) is 32.8 Å². The van der Waals surface area contributed by atoms with Gasteiger partial charge in [-0.1, -0.05) is 6.92 Å². The number of hydrogen-bond donors (Lipinski definition) is 2. The first-order valence-corrected chi connectivity index (χ1v) is 7.02. The fraction of sp³-hybridized carbons (Fsp3) is 0.750. The molecule has 0 spiro atoms. The van der Waals surface area contributed by atoms with Crippen molar-refractivity contribution in [1.82, 2.24) is 15.6 Å². The van der Waals surface area contributed by atoms with E-state index in [1.165, 1.54) is 5.01 Å². The Hall–Kier alpha value is -0.490. The van der Waals surface area contributed by atoms with E-state index in [2.05, 4.69) is 29.5 Å². The van der Waals surface area contributed by atoms with Gasteiger partial charge in [0.1, 0.15) is 0 Å². The molecule has 4 nitrogen and oxygen atoms in total. The van der Waals surface area contributed by atoms with Crippen LogP contribution in [0.4, 0.5) is 0 Å². The van der Waals surface area contributed by atoms with Crippen molar-refractivity contribution in [2.24, 2.45) is 0 Å². The summed E-state index contributed by atoms with van der Waals surface area (Å²) in [6.07, 6.45) is 1.87. The van der Waals surface area contributed by atoms with E-state index < -0.39 is 0 Å². The second-order valence-corrected chi connectivity index (χ2v) is 5.80. The van der Waals surface area contributed by atoms with Crippen LogP contribution >= 0.6 is 11.3 Å². The summed E-state index contributed by atoms with van der Waals surface area (Å²) >= 11 is 1.72. The van der Waals surface area contributed by atoms with E-state index in [9.17, 15) is 0 Å². The van der Waals surface area contributed by atoms with Crippen LogP contribution in [0.15, 0.2) is 11.6 Å². The fourth-order valence-electron chi connectivity index (χ4n) is 1.83. The predicted octanol–water partition coefficient (Wildman–Crippen LogP) is 1.21. The summed E-state index contributed by atoms with van der Waals surface area (Å²) < 4.78 is 5.80. The molecule has 5 heteroatoms. The summed E-state index contributed by atoms with van der Waals surface area (Å²) in [4.78, 5) is 4.32. The maximum Gasteiger partial charge on any atom is 0.0965 e. The number of ether oxygens (including phenoxy) is 1. The molecule has 1 unspecified atom stereocenters. The highest BCUT2D eigenvalue weighted by atomic mass is 32.1. The largest absolute Gasteiger partial charge is 0.371 e. The minimum absolute atomic E-state index is 0.0720. The predicted molar refractivity (Wildman–Crippen MR) is 70.6 cm³/mol. The van der Waals surface area contributed by atoms with Gasteiger partial charge in [-0.15, -0.1) is 11.3 Å². The second kappa shape index (κ2) is 5.91. The zero-order valence-electron chi connectivity index (χ0n) is 10.5. The maximum absolute atomic E-state index is 5.80. The molecule has 1 aromatic rings. The lowest BCUT2D eigenvalue weighted by Crippen LogP contribution is -2.59. The number of nitrogens with one attached hydrogen (secondary N) is 2. The number of nitrogens with zero attached hydrogens (tertiary/aromatic N) is 1. The molecule has 0 radical (unpaired) electrons. The Labute approximate surface area is 107 Å². The van der Waals surface area contributed by atoms with Crippen LogP contribution in [0.3, 0.4) is 0 Å². The Morgan fingerprint density at radius 2 is 2.47 bits per heavy atom. The Balaban J connectivity index is 1.54. The first kappa shape index (κ1) is 13.0. The molecule has 2 rings (SSSR count). The Bertz CT molecular complexity index is 325. The molecule has 0 aliphatic carbocycles. The SMILES string of the molecule is CC(CNCCOC1(C)CNC1)c1nccs1. The first-order chi connectivity index (χ1) is 8.20. The molecule has 0 saturated carbocycles. The highest BCUT2D eigenvalue weighted by Crippen LogP contribution is 2.16. The summed E-state index contributed by atoms with van der Waals surface area (Å²) in [7, 11) is 0. The van der Waals surface area contributed by atoms with Crippen LogP contribution in [0.1, 0.15) is 24.8 Å². The van der Waals surface area contributed by atoms with E-state index >= 15 is 0 Å². The van der Waals surface area contributed by atoms with Gasteiger partial charge in [-0.05, 0) is 6.92 Å². The molecular formula is C12H21N3OS. The monoisotopic (exact) mass is 255 g/mol. The standard InChI is InChI=1S/C12H21N3OS/c1-10(11-15-4-6-17-11)7-13-3-5-16-12(2)8-14-9-12/h4,6,10,13-14H,3,5,7-9H2,1-2H3. The Morgan fingerprint density at radius 3 is 3.06 bits per heavy atom. The number of hydrogen-bond acceptors (Lipinski definition) is 5. The fourth-order valence-corrected chi connectivity index (χ4v) is 2.53. The molecule has 1 aromatic heterocycles. The maximum atomic E-state index is 5.80. The first-order valence-electron chi connectivity index (χ1n) is 6.14. The average Bonchev–Trinajstić information content (AvgIpc) is 2.79. The van der Waals surface area contributed by atoms with Crippen molar-refractivity contribution in [1.29, 1.82) is 0 Å². The van der Waals surface area contributed by atoms with E-state index in [1.54, 1.807) is 11.3 Å². The molecule has 96 valence electrons. The average molecular weight is 255 g/mol. The molecule has 17 heavy (non-hydrogen) atoms. The molecule has 1 saturated heterocycles. The number of rotatable bonds is 7. The molecule has 0 aromatic carbocycles. The Morgan fingerprint density at radius 1 is 1.65 bits per heavy atom. The van der Waals surface area contributed by atoms with E-state index in [0.29, 0.717) is 5.92 Å². The lowest BCUT2D eigenvalue weighted by molar-refractivity contribution is -0.0648. The van der Waals surface area contributed by atoms with Crippen molar-refractivity contribution in [2.75, 3.05) is 32.8 Å². The van der Waals surface area contributed by atoms with Gasteiger partial charge in [0.2, 0.25) is 0 Å². The highest BCUT2D eigenvalue weighted by Gasteiger charge is 2.31. The molecular weight excluding hydrogens is 234 g/mol. The van der Waals surface area contributed by atoms with Gasteiger partial charge in [0.25, 0.3) is 0 Å². The van der Waals surface area contributed by atoms with Crippen LogP contribution in [-0.4, -0.2) is 43.4 Å². The third kappa shape index (κ3) is 3.74. The van der Waals surface area contributed by atoms with Crippen LogP contribution in [0.25, 0.3) is 0 Å². The normalized spacial score (nSPS) is 19.9. The van der Waals surface area contributed by atoms with Gasteiger partial charge in [0.05, 0.1) is 17.2 Å². The Kier molecular flexibility index (Phi) is 4.50. The van der Waals surface area contributed by atoms with Crippen molar-refractivity contribution in [3.8, 4) is 0 Å². The van der Waals surface area contributed by atoms with Gasteiger partial charge in [-0.3, -0.25) is 0 Å². The molecule has 1 aliphatic rings. The highest BCUT2D eigenvalue weighted by molar-refractivity contribution is 7.09. The van der Waals surface area contributed by atoms with Gasteiger partial charge < -0.3 is 15.4 Å². The number of aromatic nitrogens is 1. The summed E-state index contributed by atoms with van der Waals surface area (Å²) in [5.74, 6) is 0.482. The molecule has 1 aliphatic heterocycles. The summed E-state index contributed by atoms with van der Waals surface area (Å²) in [6.45, 7) is 8.95. The van der Waals surface area contributed by atoms with Crippen LogP contribution in [-0.2, 0) is 4.74 Å². The van der Waals surface area contributed by atoms with Crippen LogP contribution in [0.2, 0.25) is 0 Å². The van der Waals surface area contributed by atoms with E-state index in [4.69, 9.17) is 4.74 Å². The van der Waals surface area contributed by atoms with Crippen LogP contribution in [0, 0.1) is 0 Å². The molecule has 2 heterocycles. The van der Waals surface area contributed by atoms with Crippen molar-refractivity contribution < 1.29 is 4.74 Å². The van der Waals surface area contributed by atoms with Gasteiger partial charge in [0.15, 0.2) is 0 Å². The second-order valence-electron chi connectivity index (χ2n) is 4.88. The summed E-state index contributed by atoms with van der Waals surface area (Å²) in [5, 5.41) is 9.87. The summed E-state index contributed by atoms with van der Waals surface area (Å²) in [6, 6.07) is 0. The van der Waals surface area contributed by atoms with Crippen LogP contribution in [0.5, 0.6) is 0 Å². The minimum Gasteiger partial charge on any atom is -0.371 e. The zero-order chi connectivity index (χ0) is 12.1. The lowest BCUT2D eigenvalue weighted by Gasteiger charge is -2.39. The van der Waals surface area contributed by atoms with Crippen molar-refractivity contribution in [3.05, 3.63) is 16.6 Å². The van der Waals surface area contributed by atoms with Gasteiger partial charge >= 0.3 is 0 Å². The van der Waals surface area contributed by atoms with Crippen molar-refractivity contribution >= 4 is 11.3 Å². The van der Waals surface area contributed by atoms with Crippen molar-refractivity contribution in [2.45, 2.75) is 25.4 Å². The van der Waals surface area contributed by atoms with E-state index in [-0.39, 0.29) is 5.60 Å². The quantitative estimate of drug-likeness (QED) is 0.719. The molecule has 2 N–H and O–H groups in total. The molecule has 0 amide bonds. The molecule has 1 atom stereocenters. The topological polar surface area (TPSA) is 46.2 Å². The zero-order valence-corrected chi connectivity index (χ0v) is 11.3. The van der Waals surface area contributed by atoms with Gasteiger partial charge in [0, 0.05) is 43.7 Å². The van der Waals surface area contributed by atoms with Gasteiger partial charge in [-0.2, -0.15) is 0 Å². The third-order valence-corrected chi connectivity index (χ3v) is 4.06. The molecule has 1 fully saturated rings. The minimum atomic E-state index is 0.0720.